The third-order valence-corrected chi connectivity index (χ3v) is 4.01. The van der Waals surface area contributed by atoms with Gasteiger partial charge in [-0.2, -0.15) is 0 Å². The SMILES string of the molecule is O=S(=O)(Nc1cc(F)c(F)c(F)c1)c1cccc(CO)c1. The molecule has 0 heterocycles. The van der Waals surface area contributed by atoms with E-state index in [0.717, 1.165) is 0 Å². The molecule has 21 heavy (non-hydrogen) atoms. The zero-order valence-electron chi connectivity index (χ0n) is 10.5. The van der Waals surface area contributed by atoms with Crippen LogP contribution in [0.1, 0.15) is 5.56 Å². The number of aliphatic hydroxyl groups is 1. The minimum absolute atomic E-state index is 0.195. The van der Waals surface area contributed by atoms with Crippen molar-refractivity contribution in [1.82, 2.24) is 0 Å². The average molecular weight is 317 g/mol. The minimum atomic E-state index is -4.11. The van der Waals surface area contributed by atoms with Gasteiger partial charge in [0.2, 0.25) is 0 Å². The van der Waals surface area contributed by atoms with Crippen molar-refractivity contribution < 1.29 is 26.7 Å². The Morgan fingerprint density at radius 1 is 1.05 bits per heavy atom. The second kappa shape index (κ2) is 5.74. The Morgan fingerprint density at radius 3 is 2.24 bits per heavy atom. The summed E-state index contributed by atoms with van der Waals surface area (Å²) in [5.74, 6) is -4.69. The lowest BCUT2D eigenvalue weighted by Crippen LogP contribution is -2.14. The van der Waals surface area contributed by atoms with E-state index in [1.54, 1.807) is 0 Å². The first-order chi connectivity index (χ1) is 9.83. The smallest absolute Gasteiger partial charge is 0.261 e. The Labute approximate surface area is 118 Å². The van der Waals surface area contributed by atoms with Gasteiger partial charge in [0.1, 0.15) is 0 Å². The van der Waals surface area contributed by atoms with Crippen LogP contribution < -0.4 is 4.72 Å². The molecular weight excluding hydrogens is 307 g/mol. The first-order valence-electron chi connectivity index (χ1n) is 5.70. The van der Waals surface area contributed by atoms with E-state index in [-0.39, 0.29) is 11.5 Å². The molecule has 0 saturated heterocycles. The molecule has 8 heteroatoms. The fourth-order valence-corrected chi connectivity index (χ4v) is 2.75. The van der Waals surface area contributed by atoms with E-state index in [1.807, 2.05) is 4.72 Å². The number of rotatable bonds is 4. The van der Waals surface area contributed by atoms with Gasteiger partial charge in [0, 0.05) is 12.1 Å². The van der Waals surface area contributed by atoms with Crippen molar-refractivity contribution in [3.63, 3.8) is 0 Å². The Bertz CT molecular complexity index is 755. The molecule has 0 aliphatic carbocycles. The quantitative estimate of drug-likeness (QED) is 0.851. The molecule has 2 rings (SSSR count). The van der Waals surface area contributed by atoms with Crippen LogP contribution >= 0.6 is 0 Å². The van der Waals surface area contributed by atoms with Gasteiger partial charge in [0.25, 0.3) is 10.0 Å². The molecule has 0 radical (unpaired) electrons. The summed E-state index contributed by atoms with van der Waals surface area (Å²) < 4.78 is 64.9. The third kappa shape index (κ3) is 3.34. The fraction of sp³-hybridized carbons (Fsp3) is 0.0769. The molecule has 112 valence electrons. The summed E-state index contributed by atoms with van der Waals surface area (Å²) in [5, 5.41) is 8.96. The zero-order chi connectivity index (χ0) is 15.6. The number of halogens is 3. The number of hydrogen-bond acceptors (Lipinski definition) is 3. The molecule has 0 fully saturated rings. The van der Waals surface area contributed by atoms with Gasteiger partial charge in [-0.15, -0.1) is 0 Å². The molecule has 2 N–H and O–H groups in total. The van der Waals surface area contributed by atoms with E-state index in [1.165, 1.54) is 24.3 Å². The van der Waals surface area contributed by atoms with Gasteiger partial charge >= 0.3 is 0 Å². The Balaban J connectivity index is 2.37. The lowest BCUT2D eigenvalue weighted by Gasteiger charge is -2.09. The molecule has 0 saturated carbocycles. The van der Waals surface area contributed by atoms with Gasteiger partial charge in [0.15, 0.2) is 17.5 Å². The summed E-state index contributed by atoms with van der Waals surface area (Å²) in [7, 11) is -4.11. The maximum Gasteiger partial charge on any atom is 0.261 e. The molecule has 4 nitrogen and oxygen atoms in total. The molecular formula is C13H10F3NO3S. The van der Waals surface area contributed by atoms with Crippen LogP contribution in [0.4, 0.5) is 18.9 Å². The number of sulfonamides is 1. The third-order valence-electron chi connectivity index (χ3n) is 2.63. The lowest BCUT2D eigenvalue weighted by molar-refractivity contribution is 0.281. The van der Waals surface area contributed by atoms with Crippen LogP contribution in [0.2, 0.25) is 0 Å². The number of aliphatic hydroxyl groups excluding tert-OH is 1. The maximum absolute atomic E-state index is 13.1. The minimum Gasteiger partial charge on any atom is -0.392 e. The molecule has 0 aliphatic heterocycles. The van der Waals surface area contributed by atoms with Crippen LogP contribution in [0, 0.1) is 17.5 Å². The highest BCUT2D eigenvalue weighted by molar-refractivity contribution is 7.92. The maximum atomic E-state index is 13.1. The van der Waals surface area contributed by atoms with Crippen molar-refractivity contribution in [1.29, 1.82) is 0 Å². The van der Waals surface area contributed by atoms with Crippen LogP contribution in [-0.4, -0.2) is 13.5 Å². The van der Waals surface area contributed by atoms with E-state index in [0.29, 0.717) is 17.7 Å². The molecule has 0 aromatic heterocycles. The van der Waals surface area contributed by atoms with Crippen molar-refractivity contribution >= 4 is 15.7 Å². The molecule has 2 aromatic rings. The lowest BCUT2D eigenvalue weighted by atomic mass is 10.2. The summed E-state index contributed by atoms with van der Waals surface area (Å²) in [6.07, 6.45) is 0. The van der Waals surface area contributed by atoms with Gasteiger partial charge in [-0.3, -0.25) is 4.72 Å². The summed E-state index contributed by atoms with van der Waals surface area (Å²) >= 11 is 0. The van der Waals surface area contributed by atoms with Crippen molar-refractivity contribution in [3.8, 4) is 0 Å². The summed E-state index contributed by atoms with van der Waals surface area (Å²) in [6, 6.07) is 6.44. The predicted octanol–water partition coefficient (Wildman–Crippen LogP) is 2.40. The highest BCUT2D eigenvalue weighted by Gasteiger charge is 2.17. The Hall–Kier alpha value is -2.06. The second-order valence-corrected chi connectivity index (χ2v) is 5.85. The Morgan fingerprint density at radius 2 is 1.67 bits per heavy atom. The average Bonchev–Trinajstić information content (AvgIpc) is 2.44. The summed E-state index contributed by atoms with van der Waals surface area (Å²) in [5.41, 5.74) is -0.0878. The van der Waals surface area contributed by atoms with E-state index in [2.05, 4.69) is 0 Å². The topological polar surface area (TPSA) is 66.4 Å². The van der Waals surface area contributed by atoms with Crippen LogP contribution in [0.5, 0.6) is 0 Å². The number of hydrogen-bond donors (Lipinski definition) is 2. The molecule has 0 aliphatic rings. The molecule has 0 atom stereocenters. The van der Waals surface area contributed by atoms with E-state index in [4.69, 9.17) is 5.11 Å². The van der Waals surface area contributed by atoms with Crippen LogP contribution in [-0.2, 0) is 16.6 Å². The van der Waals surface area contributed by atoms with Crippen molar-refractivity contribution in [2.75, 3.05) is 4.72 Å². The monoisotopic (exact) mass is 317 g/mol. The number of anilines is 1. The van der Waals surface area contributed by atoms with Crippen LogP contribution in [0.25, 0.3) is 0 Å². The summed E-state index contributed by atoms with van der Waals surface area (Å²) in [4.78, 5) is -0.195. The van der Waals surface area contributed by atoms with E-state index >= 15 is 0 Å². The van der Waals surface area contributed by atoms with Crippen LogP contribution in [0.3, 0.4) is 0 Å². The van der Waals surface area contributed by atoms with E-state index < -0.39 is 33.2 Å². The highest BCUT2D eigenvalue weighted by Crippen LogP contribution is 2.21. The normalized spacial score (nSPS) is 11.4. The van der Waals surface area contributed by atoms with Gasteiger partial charge < -0.3 is 5.11 Å². The molecule has 2 aromatic carbocycles. The standard InChI is InChI=1S/C13H10F3NO3S/c14-11-5-9(6-12(15)13(11)16)17-21(19,20)10-3-1-2-8(4-10)7-18/h1-6,17-18H,7H2. The van der Waals surface area contributed by atoms with Gasteiger partial charge in [-0.1, -0.05) is 12.1 Å². The zero-order valence-corrected chi connectivity index (χ0v) is 11.3. The Kier molecular flexibility index (Phi) is 4.19. The first kappa shape index (κ1) is 15.3. The van der Waals surface area contributed by atoms with Gasteiger partial charge in [0.05, 0.1) is 17.2 Å². The van der Waals surface area contributed by atoms with E-state index in [9.17, 15) is 21.6 Å². The number of benzene rings is 2. The van der Waals surface area contributed by atoms with Crippen LogP contribution in [0.15, 0.2) is 41.3 Å². The summed E-state index contributed by atoms with van der Waals surface area (Å²) in [6.45, 7) is -0.358. The molecule has 0 amide bonds. The molecule has 0 spiro atoms. The van der Waals surface area contributed by atoms with Gasteiger partial charge in [-0.25, -0.2) is 21.6 Å². The van der Waals surface area contributed by atoms with Crippen molar-refractivity contribution in [2.45, 2.75) is 11.5 Å². The molecule has 0 unspecified atom stereocenters. The number of nitrogens with one attached hydrogen (secondary N) is 1. The van der Waals surface area contributed by atoms with Crippen molar-refractivity contribution in [3.05, 3.63) is 59.4 Å². The second-order valence-electron chi connectivity index (χ2n) is 4.16. The largest absolute Gasteiger partial charge is 0.392 e. The van der Waals surface area contributed by atoms with Gasteiger partial charge in [-0.05, 0) is 17.7 Å². The predicted molar refractivity (Wildman–Crippen MR) is 69.5 cm³/mol. The highest BCUT2D eigenvalue weighted by atomic mass is 32.2. The molecule has 0 bridgehead atoms. The van der Waals surface area contributed by atoms with Crippen molar-refractivity contribution in [2.24, 2.45) is 0 Å². The first-order valence-corrected chi connectivity index (χ1v) is 7.19. The fourth-order valence-electron chi connectivity index (χ4n) is 1.64.